The Labute approximate surface area is 173 Å². The van der Waals surface area contributed by atoms with Crippen LogP contribution in [0.5, 0.6) is 5.75 Å². The molecule has 4 rings (SSSR count). The lowest BCUT2D eigenvalue weighted by atomic mass is 9.96. The van der Waals surface area contributed by atoms with Gasteiger partial charge in [0.15, 0.2) is 5.75 Å². The standard InChI is InChI=1S/C23H19N3O4/c1-14(15-11-12-21(30-2)20(13-15)26(28)29)24-25-23(27)22-18-9-5-3-7-16(18)17-8-4-6-10-19(17)22/h3-13,22H,1-2H3,(H,25,27)/b24-14+. The van der Waals surface area contributed by atoms with Gasteiger partial charge < -0.3 is 4.74 Å². The van der Waals surface area contributed by atoms with Crippen LogP contribution in [0, 0.1) is 10.1 Å². The number of hydrazone groups is 1. The Morgan fingerprint density at radius 1 is 1.03 bits per heavy atom. The molecule has 3 aromatic carbocycles. The summed E-state index contributed by atoms with van der Waals surface area (Å²) in [5.74, 6) is -0.548. The zero-order valence-corrected chi connectivity index (χ0v) is 16.5. The predicted octanol–water partition coefficient (Wildman–Crippen LogP) is 4.26. The normalized spacial score (nSPS) is 12.8. The Kier molecular flexibility index (Phi) is 5.02. The monoisotopic (exact) mass is 401 g/mol. The second-order valence-corrected chi connectivity index (χ2v) is 6.92. The van der Waals surface area contributed by atoms with Crippen molar-refractivity contribution in [2.75, 3.05) is 7.11 Å². The SMILES string of the molecule is COc1ccc(/C(C)=N/NC(=O)C2c3ccccc3-c3ccccc32)cc1[N+](=O)[O-]. The molecule has 0 aromatic heterocycles. The van der Waals surface area contributed by atoms with Crippen LogP contribution in [0.15, 0.2) is 71.8 Å². The van der Waals surface area contributed by atoms with E-state index in [9.17, 15) is 14.9 Å². The molecule has 1 N–H and O–H groups in total. The highest BCUT2D eigenvalue weighted by Crippen LogP contribution is 2.44. The highest BCUT2D eigenvalue weighted by molar-refractivity contribution is 6.01. The number of hydrogen-bond donors (Lipinski definition) is 1. The summed E-state index contributed by atoms with van der Waals surface area (Å²) in [4.78, 5) is 23.8. The Morgan fingerprint density at radius 3 is 2.20 bits per heavy atom. The largest absolute Gasteiger partial charge is 0.490 e. The van der Waals surface area contributed by atoms with Gasteiger partial charge in [-0.1, -0.05) is 48.5 Å². The lowest BCUT2D eigenvalue weighted by Crippen LogP contribution is -2.26. The smallest absolute Gasteiger partial charge is 0.311 e. The van der Waals surface area contributed by atoms with E-state index in [4.69, 9.17) is 4.74 Å². The third-order valence-corrected chi connectivity index (χ3v) is 5.22. The van der Waals surface area contributed by atoms with Gasteiger partial charge in [0, 0.05) is 11.6 Å². The Morgan fingerprint density at radius 2 is 1.63 bits per heavy atom. The van der Waals surface area contributed by atoms with Crippen LogP contribution < -0.4 is 10.2 Å². The number of nitrogens with zero attached hydrogens (tertiary/aromatic N) is 2. The van der Waals surface area contributed by atoms with Crippen LogP contribution in [0.4, 0.5) is 5.69 Å². The lowest BCUT2D eigenvalue weighted by Gasteiger charge is -2.12. The van der Waals surface area contributed by atoms with Crippen LogP contribution in [-0.2, 0) is 4.79 Å². The molecule has 7 nitrogen and oxygen atoms in total. The summed E-state index contributed by atoms with van der Waals surface area (Å²) in [6, 6.07) is 20.2. The number of benzene rings is 3. The lowest BCUT2D eigenvalue weighted by molar-refractivity contribution is -0.385. The molecule has 0 atom stereocenters. The molecule has 7 heteroatoms. The number of carbonyl (C=O) groups is 1. The molecule has 1 aliphatic rings. The summed E-state index contributed by atoms with van der Waals surface area (Å²) in [6.45, 7) is 1.68. The number of nitro groups is 1. The maximum absolute atomic E-state index is 13.0. The molecule has 0 heterocycles. The number of rotatable bonds is 5. The summed E-state index contributed by atoms with van der Waals surface area (Å²) in [5.41, 5.74) is 7.40. The topological polar surface area (TPSA) is 93.8 Å². The molecule has 0 radical (unpaired) electrons. The van der Waals surface area contributed by atoms with Gasteiger partial charge >= 0.3 is 5.69 Å². The fourth-order valence-electron chi connectivity index (χ4n) is 3.76. The minimum Gasteiger partial charge on any atom is -0.490 e. The minimum atomic E-state index is -0.513. The quantitative estimate of drug-likeness (QED) is 0.393. The number of amides is 1. The molecular formula is C23H19N3O4. The van der Waals surface area contributed by atoms with Crippen molar-refractivity contribution in [2.45, 2.75) is 12.8 Å². The maximum atomic E-state index is 13.0. The van der Waals surface area contributed by atoms with Crippen LogP contribution in [0.3, 0.4) is 0 Å². The number of carbonyl (C=O) groups excluding carboxylic acids is 1. The molecule has 30 heavy (non-hydrogen) atoms. The highest BCUT2D eigenvalue weighted by Gasteiger charge is 2.33. The van der Waals surface area contributed by atoms with Crippen molar-refractivity contribution in [2.24, 2.45) is 5.10 Å². The van der Waals surface area contributed by atoms with Crippen molar-refractivity contribution in [1.29, 1.82) is 0 Å². The van der Waals surface area contributed by atoms with Crippen molar-refractivity contribution < 1.29 is 14.5 Å². The summed E-state index contributed by atoms with van der Waals surface area (Å²) in [5, 5.41) is 15.4. The van der Waals surface area contributed by atoms with E-state index in [-0.39, 0.29) is 17.3 Å². The zero-order valence-electron chi connectivity index (χ0n) is 16.5. The number of nitrogens with one attached hydrogen (secondary N) is 1. The van der Waals surface area contributed by atoms with Crippen molar-refractivity contribution in [1.82, 2.24) is 5.43 Å². The Bertz CT molecular complexity index is 1140. The molecule has 0 bridgehead atoms. The number of ether oxygens (including phenoxy) is 1. The third kappa shape index (κ3) is 3.30. The van der Waals surface area contributed by atoms with E-state index in [0.717, 1.165) is 22.3 Å². The second-order valence-electron chi connectivity index (χ2n) is 6.92. The number of methoxy groups -OCH3 is 1. The van der Waals surface area contributed by atoms with E-state index >= 15 is 0 Å². The molecular weight excluding hydrogens is 382 g/mol. The van der Waals surface area contributed by atoms with Crippen LogP contribution in [0.25, 0.3) is 11.1 Å². The molecule has 0 aliphatic heterocycles. The Balaban J connectivity index is 1.61. The fraction of sp³-hybridized carbons (Fsp3) is 0.130. The summed E-state index contributed by atoms with van der Waals surface area (Å²) in [6.07, 6.45) is 0. The third-order valence-electron chi connectivity index (χ3n) is 5.22. The van der Waals surface area contributed by atoms with Gasteiger partial charge in [-0.05, 0) is 41.3 Å². The molecule has 3 aromatic rings. The van der Waals surface area contributed by atoms with Crippen molar-refractivity contribution in [3.63, 3.8) is 0 Å². The van der Waals surface area contributed by atoms with Gasteiger partial charge in [-0.2, -0.15) is 5.10 Å². The first-order valence-electron chi connectivity index (χ1n) is 9.36. The molecule has 1 amide bonds. The first kappa shape index (κ1) is 19.3. The van der Waals surface area contributed by atoms with E-state index in [1.54, 1.807) is 13.0 Å². The first-order valence-corrected chi connectivity index (χ1v) is 9.36. The zero-order chi connectivity index (χ0) is 21.3. The molecule has 0 spiro atoms. The number of fused-ring (bicyclic) bond motifs is 3. The first-order chi connectivity index (χ1) is 14.5. The van der Waals surface area contributed by atoms with Crippen LogP contribution >= 0.6 is 0 Å². The van der Waals surface area contributed by atoms with Crippen LogP contribution in [0.1, 0.15) is 29.5 Å². The molecule has 1 aliphatic carbocycles. The van der Waals surface area contributed by atoms with Crippen LogP contribution in [-0.4, -0.2) is 23.7 Å². The van der Waals surface area contributed by atoms with Crippen molar-refractivity contribution in [3.05, 3.63) is 93.5 Å². The molecule has 0 fully saturated rings. The second kappa shape index (κ2) is 7.79. The van der Waals surface area contributed by atoms with Gasteiger partial charge in [0.05, 0.1) is 23.7 Å². The Hall–Kier alpha value is -4.00. The molecule has 150 valence electrons. The number of nitro benzene ring substituents is 1. The minimum absolute atomic E-state index is 0.158. The average molecular weight is 401 g/mol. The van der Waals surface area contributed by atoms with Gasteiger partial charge in [0.1, 0.15) is 0 Å². The number of hydrogen-bond acceptors (Lipinski definition) is 5. The predicted molar refractivity (Wildman–Crippen MR) is 114 cm³/mol. The van der Waals surface area contributed by atoms with Gasteiger partial charge in [-0.15, -0.1) is 0 Å². The fourth-order valence-corrected chi connectivity index (χ4v) is 3.76. The summed E-state index contributed by atoms with van der Waals surface area (Å²) in [7, 11) is 1.38. The summed E-state index contributed by atoms with van der Waals surface area (Å²) >= 11 is 0. The van der Waals surface area contributed by atoms with Gasteiger partial charge in [0.25, 0.3) is 5.91 Å². The van der Waals surface area contributed by atoms with Gasteiger partial charge in [-0.3, -0.25) is 14.9 Å². The average Bonchev–Trinajstić information content (AvgIpc) is 3.11. The van der Waals surface area contributed by atoms with E-state index in [2.05, 4.69) is 10.5 Å². The highest BCUT2D eigenvalue weighted by atomic mass is 16.6. The van der Waals surface area contributed by atoms with E-state index in [1.165, 1.54) is 19.2 Å². The van der Waals surface area contributed by atoms with Crippen molar-refractivity contribution in [3.8, 4) is 16.9 Å². The van der Waals surface area contributed by atoms with Crippen LogP contribution in [0.2, 0.25) is 0 Å². The van der Waals surface area contributed by atoms with E-state index in [0.29, 0.717) is 11.3 Å². The summed E-state index contributed by atoms with van der Waals surface area (Å²) < 4.78 is 5.02. The van der Waals surface area contributed by atoms with Crippen molar-refractivity contribution >= 4 is 17.3 Å². The molecule has 0 unspecified atom stereocenters. The van der Waals surface area contributed by atoms with E-state index in [1.807, 2.05) is 48.5 Å². The molecule has 0 saturated carbocycles. The molecule has 0 saturated heterocycles. The van der Waals surface area contributed by atoms with E-state index < -0.39 is 10.8 Å². The van der Waals surface area contributed by atoms with Gasteiger partial charge in [0.2, 0.25) is 0 Å². The maximum Gasteiger partial charge on any atom is 0.311 e. The van der Waals surface area contributed by atoms with Gasteiger partial charge in [-0.25, -0.2) is 5.43 Å².